The van der Waals surface area contributed by atoms with E-state index in [0.717, 1.165) is 56.2 Å². The maximum Gasteiger partial charge on any atom is 0.160 e. The van der Waals surface area contributed by atoms with Crippen molar-refractivity contribution in [3.05, 3.63) is 200 Å². The summed E-state index contributed by atoms with van der Waals surface area (Å²) in [6.45, 7) is 0. The van der Waals surface area contributed by atoms with Crippen LogP contribution >= 0.6 is 0 Å². The highest BCUT2D eigenvalue weighted by Crippen LogP contribution is 2.38. The number of aromatic nitrogens is 5. The van der Waals surface area contributed by atoms with E-state index in [2.05, 4.69) is 166 Å². The zero-order valence-electron chi connectivity index (χ0n) is 30.3. The van der Waals surface area contributed by atoms with Crippen molar-refractivity contribution in [3.8, 4) is 56.5 Å². The zero-order valence-corrected chi connectivity index (χ0v) is 30.3. The Morgan fingerprint density at radius 2 is 0.839 bits per heavy atom. The minimum absolute atomic E-state index is 0.662. The number of hydrogen-bond acceptors (Lipinski definition) is 3. The molecule has 262 valence electrons. The van der Waals surface area contributed by atoms with Crippen LogP contribution in [0.5, 0.6) is 0 Å². The molecular formula is C51H33N5. The summed E-state index contributed by atoms with van der Waals surface area (Å²) in [5.41, 5.74) is 13.6. The second kappa shape index (κ2) is 13.0. The van der Waals surface area contributed by atoms with Crippen LogP contribution in [0.1, 0.15) is 0 Å². The van der Waals surface area contributed by atoms with E-state index >= 15 is 0 Å². The molecule has 56 heavy (non-hydrogen) atoms. The molecule has 0 atom stereocenters. The normalized spacial score (nSPS) is 11.6. The second-order valence-corrected chi connectivity index (χ2v) is 14.1. The van der Waals surface area contributed by atoms with E-state index in [-0.39, 0.29) is 0 Å². The van der Waals surface area contributed by atoms with Crippen LogP contribution in [0.4, 0.5) is 0 Å². The van der Waals surface area contributed by atoms with Gasteiger partial charge in [0, 0.05) is 50.2 Å². The van der Waals surface area contributed by atoms with E-state index in [9.17, 15) is 0 Å². The van der Waals surface area contributed by atoms with E-state index in [1.807, 2.05) is 42.5 Å². The smallest absolute Gasteiger partial charge is 0.160 e. The lowest BCUT2D eigenvalue weighted by Gasteiger charge is -2.13. The van der Waals surface area contributed by atoms with Crippen molar-refractivity contribution >= 4 is 43.6 Å². The van der Waals surface area contributed by atoms with Gasteiger partial charge in [0.25, 0.3) is 0 Å². The fraction of sp³-hybridized carbons (Fsp3) is 0. The topological polar surface area (TPSA) is 48.5 Å². The Labute approximate surface area is 323 Å². The molecular weight excluding hydrogens is 683 g/mol. The summed E-state index contributed by atoms with van der Waals surface area (Å²) in [5.74, 6) is 0.662. The van der Waals surface area contributed by atoms with Crippen molar-refractivity contribution in [2.45, 2.75) is 0 Å². The molecule has 0 fully saturated rings. The number of benzene rings is 7. The van der Waals surface area contributed by atoms with E-state index in [0.29, 0.717) is 5.82 Å². The van der Waals surface area contributed by atoms with Crippen molar-refractivity contribution in [2.24, 2.45) is 0 Å². The van der Waals surface area contributed by atoms with Crippen molar-refractivity contribution in [1.82, 2.24) is 24.1 Å². The number of hydrogen-bond donors (Lipinski definition) is 0. The first-order chi connectivity index (χ1) is 27.8. The first-order valence-electron chi connectivity index (χ1n) is 18.9. The Bertz CT molecular complexity index is 3140. The van der Waals surface area contributed by atoms with Gasteiger partial charge in [-0.15, -0.1) is 0 Å². The molecule has 0 aliphatic heterocycles. The van der Waals surface area contributed by atoms with Crippen molar-refractivity contribution in [1.29, 1.82) is 0 Å². The van der Waals surface area contributed by atoms with Gasteiger partial charge < -0.3 is 9.13 Å². The second-order valence-electron chi connectivity index (χ2n) is 14.1. The Hall–Kier alpha value is -7.63. The van der Waals surface area contributed by atoms with Gasteiger partial charge in [-0.3, -0.25) is 4.98 Å². The number of fused-ring (bicyclic) bond motifs is 6. The predicted molar refractivity (Wildman–Crippen MR) is 230 cm³/mol. The van der Waals surface area contributed by atoms with Crippen LogP contribution in [0, 0.1) is 0 Å². The quantitative estimate of drug-likeness (QED) is 0.172. The molecule has 0 saturated carbocycles. The monoisotopic (exact) mass is 715 g/mol. The molecule has 0 spiro atoms. The number of nitrogens with zero attached hydrogens (tertiary/aromatic N) is 5. The summed E-state index contributed by atoms with van der Waals surface area (Å²) >= 11 is 0. The minimum Gasteiger partial charge on any atom is -0.309 e. The lowest BCUT2D eigenvalue weighted by molar-refractivity contribution is 1.13. The fourth-order valence-electron chi connectivity index (χ4n) is 8.22. The highest BCUT2D eigenvalue weighted by atomic mass is 15.0. The minimum atomic E-state index is 0.662. The number of rotatable bonds is 6. The molecule has 7 aromatic carbocycles. The molecule has 5 nitrogen and oxygen atoms in total. The molecule has 0 aliphatic carbocycles. The van der Waals surface area contributed by atoms with E-state index in [1.54, 1.807) is 6.20 Å². The van der Waals surface area contributed by atoms with Crippen molar-refractivity contribution < 1.29 is 0 Å². The van der Waals surface area contributed by atoms with Gasteiger partial charge in [-0.2, -0.15) is 0 Å². The third-order valence-corrected chi connectivity index (χ3v) is 10.8. The summed E-state index contributed by atoms with van der Waals surface area (Å²) in [6, 6.07) is 68.5. The summed E-state index contributed by atoms with van der Waals surface area (Å²) in [6.07, 6.45) is 1.80. The lowest BCUT2D eigenvalue weighted by Crippen LogP contribution is -1.98. The highest BCUT2D eigenvalue weighted by molar-refractivity contribution is 6.11. The van der Waals surface area contributed by atoms with Crippen molar-refractivity contribution in [3.63, 3.8) is 0 Å². The van der Waals surface area contributed by atoms with E-state index in [1.165, 1.54) is 38.1 Å². The molecule has 0 saturated heterocycles. The fourth-order valence-corrected chi connectivity index (χ4v) is 8.22. The first kappa shape index (κ1) is 31.9. The molecule has 0 radical (unpaired) electrons. The molecule has 0 aliphatic rings. The van der Waals surface area contributed by atoms with Gasteiger partial charge in [-0.25, -0.2) is 9.97 Å². The lowest BCUT2D eigenvalue weighted by atomic mass is 10.0. The van der Waals surface area contributed by atoms with Crippen LogP contribution in [0.3, 0.4) is 0 Å². The van der Waals surface area contributed by atoms with Gasteiger partial charge in [0.15, 0.2) is 5.82 Å². The molecule has 11 aromatic rings. The molecule has 0 N–H and O–H groups in total. The first-order valence-corrected chi connectivity index (χ1v) is 18.9. The third kappa shape index (κ3) is 5.29. The van der Waals surface area contributed by atoms with Gasteiger partial charge in [0.2, 0.25) is 0 Å². The van der Waals surface area contributed by atoms with E-state index < -0.39 is 0 Å². The van der Waals surface area contributed by atoms with Crippen LogP contribution in [0.15, 0.2) is 200 Å². The SMILES string of the molecule is c1ccc(-c2cc(-c3ccccn3)nc(-c3cccc(-c4ccc5c(c4)c4ccccc4n5-c4cccc(-n5c6ccccc6c6ccccc65)c4)c3)n2)cc1. The summed E-state index contributed by atoms with van der Waals surface area (Å²) < 4.78 is 4.77. The van der Waals surface area contributed by atoms with Crippen LogP contribution in [0.25, 0.3) is 100 Å². The molecule has 4 aromatic heterocycles. The number of para-hydroxylation sites is 3. The Kier molecular flexibility index (Phi) is 7.42. The Balaban J connectivity index is 1.03. The van der Waals surface area contributed by atoms with Crippen LogP contribution < -0.4 is 0 Å². The van der Waals surface area contributed by atoms with Crippen molar-refractivity contribution in [2.75, 3.05) is 0 Å². The molecule has 11 rings (SSSR count). The molecule has 0 unspecified atom stereocenters. The van der Waals surface area contributed by atoms with Crippen LogP contribution in [0.2, 0.25) is 0 Å². The third-order valence-electron chi connectivity index (χ3n) is 10.8. The molecule has 4 heterocycles. The summed E-state index contributed by atoms with van der Waals surface area (Å²) in [4.78, 5) is 14.7. The van der Waals surface area contributed by atoms with E-state index in [4.69, 9.17) is 9.97 Å². The average Bonchev–Trinajstić information content (AvgIpc) is 3.80. The van der Waals surface area contributed by atoms with Crippen LogP contribution in [-0.4, -0.2) is 24.1 Å². The maximum absolute atomic E-state index is 5.08. The average molecular weight is 716 g/mol. The zero-order chi connectivity index (χ0) is 37.0. The summed E-state index contributed by atoms with van der Waals surface area (Å²) in [7, 11) is 0. The van der Waals surface area contributed by atoms with Gasteiger partial charge in [0.05, 0.1) is 39.1 Å². The van der Waals surface area contributed by atoms with Gasteiger partial charge in [0.1, 0.15) is 0 Å². The van der Waals surface area contributed by atoms with Gasteiger partial charge in [-0.1, -0.05) is 121 Å². The molecule has 0 amide bonds. The largest absolute Gasteiger partial charge is 0.309 e. The Morgan fingerprint density at radius 1 is 0.304 bits per heavy atom. The van der Waals surface area contributed by atoms with Gasteiger partial charge in [-0.05, 0) is 83.9 Å². The Morgan fingerprint density at radius 3 is 1.52 bits per heavy atom. The maximum atomic E-state index is 5.08. The summed E-state index contributed by atoms with van der Waals surface area (Å²) in [5, 5.41) is 4.92. The highest BCUT2D eigenvalue weighted by Gasteiger charge is 2.17. The molecule has 5 heteroatoms. The number of pyridine rings is 1. The van der Waals surface area contributed by atoms with Gasteiger partial charge >= 0.3 is 0 Å². The van der Waals surface area contributed by atoms with Crippen LogP contribution in [-0.2, 0) is 0 Å². The molecule has 0 bridgehead atoms. The predicted octanol–water partition coefficient (Wildman–Crippen LogP) is 12.7. The standard InChI is InChI=1S/C51H33N5/c1-2-14-34(15-3-1)45-33-46(44-23-10-11-29-52-44)54-51(53-45)37-17-12-16-35(30-37)36-27-28-50-43(31-36)42-22-6-9-26-49(42)56(50)39-19-13-18-38(32-39)55-47-24-7-4-20-40(47)41-21-5-8-25-48(41)55/h1-33H.